The normalized spacial score (nSPS) is 12.5. The van der Waals surface area contributed by atoms with Gasteiger partial charge in [-0.05, 0) is 6.07 Å². The van der Waals surface area contributed by atoms with Gasteiger partial charge in [-0.25, -0.2) is 8.42 Å². The van der Waals surface area contributed by atoms with Crippen LogP contribution >= 0.6 is 0 Å². The number of nitrogens with one attached hydrogen (secondary N) is 1. The van der Waals surface area contributed by atoms with Crippen LogP contribution in [0.4, 0.5) is 8.78 Å². The van der Waals surface area contributed by atoms with E-state index in [9.17, 15) is 27.1 Å². The monoisotopic (exact) mass is 348 g/mol. The minimum Gasteiger partial charge on any atom is -0.435 e. The lowest BCUT2D eigenvalue weighted by atomic mass is 10.2. The Hall–Kier alpha value is -2.25. The van der Waals surface area contributed by atoms with Crippen LogP contribution in [0.15, 0.2) is 24.3 Å². The third-order valence-corrected chi connectivity index (χ3v) is 4.19. The van der Waals surface area contributed by atoms with Gasteiger partial charge in [0.15, 0.2) is 9.84 Å². The molecule has 0 heterocycles. The lowest BCUT2D eigenvalue weighted by Crippen LogP contribution is -2.39. The average Bonchev–Trinajstić information content (AvgIpc) is 2.45. The SMILES string of the molecule is N#CCNC(=O)C(O)CS(=O)(=O)Cc1ccccc1OC(F)F. The van der Waals surface area contributed by atoms with Crippen LogP contribution in [0.2, 0.25) is 0 Å². The number of hydrogen-bond donors (Lipinski definition) is 2. The van der Waals surface area contributed by atoms with E-state index in [1.54, 1.807) is 6.07 Å². The van der Waals surface area contributed by atoms with Gasteiger partial charge in [-0.15, -0.1) is 0 Å². The maximum absolute atomic E-state index is 12.3. The van der Waals surface area contributed by atoms with E-state index >= 15 is 0 Å². The number of amides is 1. The van der Waals surface area contributed by atoms with E-state index < -0.39 is 40.0 Å². The molecule has 1 atom stereocenters. The van der Waals surface area contributed by atoms with Crippen LogP contribution < -0.4 is 10.1 Å². The quantitative estimate of drug-likeness (QED) is 0.649. The number of hydrogen-bond acceptors (Lipinski definition) is 6. The Bertz CT molecular complexity index is 688. The van der Waals surface area contributed by atoms with Crippen molar-refractivity contribution in [3.8, 4) is 11.8 Å². The van der Waals surface area contributed by atoms with Gasteiger partial charge in [0, 0.05) is 5.56 Å². The number of nitrogens with zero attached hydrogens (tertiary/aromatic N) is 1. The number of aliphatic hydroxyl groups is 1. The Morgan fingerprint density at radius 2 is 2.04 bits per heavy atom. The number of carbonyl (C=O) groups is 1. The standard InChI is InChI=1S/C13H14F2N2O5S/c14-13(15)22-11-4-2-1-3-9(11)7-23(20,21)8-10(18)12(19)17-6-5-16/h1-4,10,13,18H,6-8H2,(H,17,19). The molecule has 7 nitrogen and oxygen atoms in total. The van der Waals surface area contributed by atoms with E-state index in [4.69, 9.17) is 5.26 Å². The number of alkyl halides is 2. The third kappa shape index (κ3) is 6.58. The van der Waals surface area contributed by atoms with Crippen molar-refractivity contribution in [3.05, 3.63) is 29.8 Å². The summed E-state index contributed by atoms with van der Waals surface area (Å²) in [5, 5.41) is 19.8. The summed E-state index contributed by atoms with van der Waals surface area (Å²) in [5.41, 5.74) is -0.0163. The van der Waals surface area contributed by atoms with E-state index in [-0.39, 0.29) is 17.9 Å². The van der Waals surface area contributed by atoms with Crippen LogP contribution in [0.5, 0.6) is 5.75 Å². The number of benzene rings is 1. The molecule has 0 aliphatic heterocycles. The van der Waals surface area contributed by atoms with Crippen LogP contribution in [0.3, 0.4) is 0 Å². The molecule has 0 aromatic heterocycles. The molecular weight excluding hydrogens is 334 g/mol. The minimum atomic E-state index is -3.98. The molecule has 0 spiro atoms. The van der Waals surface area contributed by atoms with Gasteiger partial charge in [-0.2, -0.15) is 14.0 Å². The third-order valence-electron chi connectivity index (χ3n) is 2.62. The fourth-order valence-corrected chi connectivity index (χ4v) is 3.15. The molecule has 0 fully saturated rings. The Balaban J connectivity index is 2.79. The van der Waals surface area contributed by atoms with Crippen molar-refractivity contribution in [1.82, 2.24) is 5.32 Å². The van der Waals surface area contributed by atoms with Crippen LogP contribution in [0.1, 0.15) is 5.56 Å². The van der Waals surface area contributed by atoms with Gasteiger partial charge >= 0.3 is 6.61 Å². The van der Waals surface area contributed by atoms with Crippen molar-refractivity contribution in [3.63, 3.8) is 0 Å². The molecular formula is C13H14F2N2O5S. The van der Waals surface area contributed by atoms with Gasteiger partial charge in [0.1, 0.15) is 18.4 Å². The summed E-state index contributed by atoms with van der Waals surface area (Å²) in [5.74, 6) is -2.90. The van der Waals surface area contributed by atoms with E-state index in [1.807, 2.05) is 5.32 Å². The molecule has 1 unspecified atom stereocenters. The Kier molecular flexibility index (Phi) is 6.87. The van der Waals surface area contributed by atoms with Gasteiger partial charge in [0.2, 0.25) is 0 Å². The minimum absolute atomic E-state index is 0.0163. The number of halogens is 2. The Morgan fingerprint density at radius 3 is 2.65 bits per heavy atom. The predicted molar refractivity (Wildman–Crippen MR) is 75.2 cm³/mol. The van der Waals surface area contributed by atoms with Crippen molar-refractivity contribution in [2.75, 3.05) is 12.3 Å². The van der Waals surface area contributed by atoms with Crippen LogP contribution in [-0.2, 0) is 20.4 Å². The molecule has 0 aliphatic rings. The first-order chi connectivity index (χ1) is 10.7. The summed E-state index contributed by atoms with van der Waals surface area (Å²) < 4.78 is 52.7. The van der Waals surface area contributed by atoms with Crippen LogP contribution in [0, 0.1) is 11.3 Å². The summed E-state index contributed by atoms with van der Waals surface area (Å²) in [6.45, 7) is -3.48. The van der Waals surface area contributed by atoms with Crippen molar-refractivity contribution >= 4 is 15.7 Å². The summed E-state index contributed by atoms with van der Waals surface area (Å²) in [6, 6.07) is 6.92. The number of carbonyl (C=O) groups excluding carboxylic acids is 1. The second-order valence-electron chi connectivity index (χ2n) is 4.43. The fraction of sp³-hybridized carbons (Fsp3) is 0.385. The maximum atomic E-state index is 12.3. The molecule has 10 heteroatoms. The zero-order valence-electron chi connectivity index (χ0n) is 11.8. The number of nitriles is 1. The molecule has 0 saturated carbocycles. The molecule has 1 aromatic rings. The van der Waals surface area contributed by atoms with Crippen molar-refractivity contribution in [2.24, 2.45) is 0 Å². The van der Waals surface area contributed by atoms with E-state index in [0.29, 0.717) is 0 Å². The second-order valence-corrected chi connectivity index (χ2v) is 6.54. The molecule has 23 heavy (non-hydrogen) atoms. The molecule has 1 aromatic carbocycles. The molecule has 126 valence electrons. The zero-order chi connectivity index (χ0) is 17.5. The molecule has 0 saturated heterocycles. The average molecular weight is 348 g/mol. The van der Waals surface area contributed by atoms with Crippen LogP contribution in [0.25, 0.3) is 0 Å². The molecule has 0 aliphatic carbocycles. The largest absolute Gasteiger partial charge is 0.435 e. The molecule has 0 bridgehead atoms. The van der Waals surface area contributed by atoms with Gasteiger partial charge < -0.3 is 15.2 Å². The smallest absolute Gasteiger partial charge is 0.387 e. The van der Waals surface area contributed by atoms with Crippen molar-refractivity contribution in [1.29, 1.82) is 5.26 Å². The molecule has 1 amide bonds. The number of para-hydroxylation sites is 1. The van der Waals surface area contributed by atoms with E-state index in [2.05, 4.69) is 4.74 Å². The molecule has 1 rings (SSSR count). The van der Waals surface area contributed by atoms with Crippen LogP contribution in [-0.4, -0.2) is 44.4 Å². The summed E-state index contributed by atoms with van der Waals surface area (Å²) in [6.07, 6.45) is -1.86. The summed E-state index contributed by atoms with van der Waals surface area (Å²) in [4.78, 5) is 11.3. The highest BCUT2D eigenvalue weighted by Gasteiger charge is 2.25. The number of ether oxygens (including phenoxy) is 1. The predicted octanol–water partition coefficient (Wildman–Crippen LogP) is 0.203. The maximum Gasteiger partial charge on any atom is 0.387 e. The van der Waals surface area contributed by atoms with E-state index in [1.165, 1.54) is 24.3 Å². The Morgan fingerprint density at radius 1 is 1.39 bits per heavy atom. The van der Waals surface area contributed by atoms with Gasteiger partial charge in [0.25, 0.3) is 5.91 Å². The van der Waals surface area contributed by atoms with Gasteiger partial charge in [-0.3, -0.25) is 4.79 Å². The lowest BCUT2D eigenvalue weighted by molar-refractivity contribution is -0.128. The zero-order valence-corrected chi connectivity index (χ0v) is 12.6. The highest BCUT2D eigenvalue weighted by atomic mass is 32.2. The highest BCUT2D eigenvalue weighted by molar-refractivity contribution is 7.90. The topological polar surface area (TPSA) is 116 Å². The van der Waals surface area contributed by atoms with Crippen molar-refractivity contribution in [2.45, 2.75) is 18.5 Å². The molecule has 2 N–H and O–H groups in total. The number of sulfone groups is 1. The Labute approximate surface area is 131 Å². The first kappa shape index (κ1) is 18.8. The van der Waals surface area contributed by atoms with Crippen molar-refractivity contribution < 1.29 is 31.8 Å². The first-order valence-corrected chi connectivity index (χ1v) is 8.13. The number of rotatable bonds is 8. The van der Waals surface area contributed by atoms with Gasteiger partial charge in [-0.1, -0.05) is 18.2 Å². The summed E-state index contributed by atoms with van der Waals surface area (Å²) >= 11 is 0. The second kappa shape index (κ2) is 8.40. The molecule has 0 radical (unpaired) electrons. The lowest BCUT2D eigenvalue weighted by Gasteiger charge is -2.13. The summed E-state index contributed by atoms with van der Waals surface area (Å²) in [7, 11) is -3.98. The van der Waals surface area contributed by atoms with Gasteiger partial charge in [0.05, 0.1) is 17.6 Å². The fourth-order valence-electron chi connectivity index (χ4n) is 1.69. The van der Waals surface area contributed by atoms with E-state index in [0.717, 1.165) is 0 Å². The number of aliphatic hydroxyl groups excluding tert-OH is 1. The first-order valence-electron chi connectivity index (χ1n) is 6.31. The highest BCUT2D eigenvalue weighted by Crippen LogP contribution is 2.22.